The van der Waals surface area contributed by atoms with Crippen molar-refractivity contribution in [3.63, 3.8) is 0 Å². The number of aromatic nitrogens is 2. The van der Waals surface area contributed by atoms with Crippen molar-refractivity contribution in [2.75, 3.05) is 18.1 Å². The van der Waals surface area contributed by atoms with E-state index in [0.29, 0.717) is 12.2 Å². The summed E-state index contributed by atoms with van der Waals surface area (Å²) in [5.41, 5.74) is 8.13. The second-order valence-corrected chi connectivity index (χ2v) is 13.4. The highest BCUT2D eigenvalue weighted by Crippen LogP contribution is 2.35. The van der Waals surface area contributed by atoms with Gasteiger partial charge in [-0.25, -0.2) is 23.2 Å². The third-order valence-corrected chi connectivity index (χ3v) is 8.77. The Hall–Kier alpha value is -4.81. The molecular weight excluding hydrogens is 596 g/mol. The number of hydrogen-bond acceptors (Lipinski definition) is 9. The molecule has 0 aliphatic carbocycles. The van der Waals surface area contributed by atoms with E-state index >= 15 is 0 Å². The average Bonchev–Trinajstić information content (AvgIpc) is 3.00. The third kappa shape index (κ3) is 7.65. The summed E-state index contributed by atoms with van der Waals surface area (Å²) < 4.78 is 39.6. The SMILES string of the molecule is CCOc1ccccc1-c1ccc(CC(N)(c2cccc(N(CC(=O)O)C(=O)OC(C)(C)C)n2)S(=O)(=O)c2ccccn2)cc1. The number of benzene rings is 2. The third-order valence-electron chi connectivity index (χ3n) is 6.66. The number of nitrogens with zero attached hydrogens (tertiary/aromatic N) is 3. The molecular formula is C33H36N4O7S. The zero-order valence-corrected chi connectivity index (χ0v) is 26.3. The number of carbonyl (C=O) groups excluding carboxylic acids is 1. The summed E-state index contributed by atoms with van der Waals surface area (Å²) >= 11 is 0. The van der Waals surface area contributed by atoms with Crippen molar-refractivity contribution < 1.29 is 32.6 Å². The molecule has 2 aromatic heterocycles. The molecule has 0 fully saturated rings. The molecule has 0 spiro atoms. The van der Waals surface area contributed by atoms with Gasteiger partial charge in [-0.2, -0.15) is 0 Å². The van der Waals surface area contributed by atoms with Gasteiger partial charge in [0.05, 0.1) is 12.3 Å². The number of anilines is 1. The van der Waals surface area contributed by atoms with E-state index in [0.717, 1.165) is 21.8 Å². The van der Waals surface area contributed by atoms with Gasteiger partial charge < -0.3 is 20.3 Å². The van der Waals surface area contributed by atoms with E-state index in [1.807, 2.05) is 43.3 Å². The van der Waals surface area contributed by atoms with Gasteiger partial charge in [-0.1, -0.05) is 54.6 Å². The van der Waals surface area contributed by atoms with Gasteiger partial charge >= 0.3 is 12.1 Å². The molecule has 12 heteroatoms. The first-order valence-electron chi connectivity index (χ1n) is 14.2. The van der Waals surface area contributed by atoms with Crippen molar-refractivity contribution in [2.24, 2.45) is 5.73 Å². The van der Waals surface area contributed by atoms with E-state index in [-0.39, 0.29) is 23.0 Å². The fourth-order valence-corrected chi connectivity index (χ4v) is 6.18. The van der Waals surface area contributed by atoms with Crippen LogP contribution in [0.2, 0.25) is 0 Å². The maximum absolute atomic E-state index is 14.2. The van der Waals surface area contributed by atoms with Crippen LogP contribution in [0.5, 0.6) is 5.75 Å². The van der Waals surface area contributed by atoms with Crippen molar-refractivity contribution in [1.82, 2.24) is 9.97 Å². The van der Waals surface area contributed by atoms with E-state index in [1.54, 1.807) is 39.0 Å². The van der Waals surface area contributed by atoms with Crippen LogP contribution in [0.4, 0.5) is 10.6 Å². The Kier molecular flexibility index (Phi) is 9.89. The number of nitrogens with two attached hydrogens (primary N) is 1. The number of para-hydroxylation sites is 1. The standard InChI is InChI=1S/C33H36N4O7S/c1-5-43-26-12-7-6-11-25(26)24-18-16-23(17-19-24)21-33(34,45(41,42)29-15-8-9-20-35-29)27-13-10-14-28(36-27)37(22-30(38)39)31(40)44-32(2,3)4/h6-20H,5,21-22,34H2,1-4H3,(H,38,39). The normalized spacial score (nSPS) is 13.0. The lowest BCUT2D eigenvalue weighted by molar-refractivity contribution is -0.135. The van der Waals surface area contributed by atoms with Gasteiger partial charge in [0.25, 0.3) is 0 Å². The van der Waals surface area contributed by atoms with Crippen molar-refractivity contribution in [3.8, 4) is 16.9 Å². The predicted octanol–water partition coefficient (Wildman–Crippen LogP) is 5.20. The van der Waals surface area contributed by atoms with E-state index in [4.69, 9.17) is 15.2 Å². The maximum Gasteiger partial charge on any atom is 0.416 e. The molecule has 2 heterocycles. The minimum absolute atomic E-state index is 0.115. The van der Waals surface area contributed by atoms with Crippen molar-refractivity contribution in [1.29, 1.82) is 0 Å². The number of rotatable bonds is 11. The second-order valence-electron chi connectivity index (χ2n) is 11.2. The van der Waals surface area contributed by atoms with Crippen LogP contribution in [0.1, 0.15) is 39.0 Å². The minimum atomic E-state index is -4.41. The number of carboxylic acids is 1. The Balaban J connectivity index is 1.80. The van der Waals surface area contributed by atoms with Crippen molar-refractivity contribution in [3.05, 3.63) is 102 Å². The molecule has 3 N–H and O–H groups in total. The number of sulfone groups is 1. The highest BCUT2D eigenvalue weighted by atomic mass is 32.2. The Labute approximate surface area is 262 Å². The molecule has 0 saturated heterocycles. The number of amides is 1. The molecule has 2 aromatic carbocycles. The topological polar surface area (TPSA) is 162 Å². The van der Waals surface area contributed by atoms with Crippen molar-refractivity contribution >= 4 is 27.7 Å². The van der Waals surface area contributed by atoms with Gasteiger partial charge in [0, 0.05) is 18.2 Å². The molecule has 0 radical (unpaired) electrons. The molecule has 0 aliphatic heterocycles. The number of pyridine rings is 2. The summed E-state index contributed by atoms with van der Waals surface area (Å²) in [5, 5.41) is 9.27. The summed E-state index contributed by atoms with van der Waals surface area (Å²) in [7, 11) is -4.41. The monoisotopic (exact) mass is 632 g/mol. The predicted molar refractivity (Wildman–Crippen MR) is 169 cm³/mol. The molecule has 1 atom stereocenters. The zero-order valence-electron chi connectivity index (χ0n) is 25.5. The van der Waals surface area contributed by atoms with E-state index < -0.39 is 38.9 Å². The molecule has 4 rings (SSSR count). The number of ether oxygens (including phenoxy) is 2. The smallest absolute Gasteiger partial charge is 0.416 e. The molecule has 0 saturated carbocycles. The zero-order chi connectivity index (χ0) is 32.8. The van der Waals surface area contributed by atoms with Gasteiger partial charge in [0.15, 0.2) is 9.90 Å². The maximum atomic E-state index is 14.2. The summed E-state index contributed by atoms with van der Waals surface area (Å²) in [4.78, 5) is 31.9. The molecule has 0 bridgehead atoms. The number of carboxylic acid groups (broad SMARTS) is 1. The van der Waals surface area contributed by atoms with E-state index in [9.17, 15) is 23.1 Å². The molecule has 4 aromatic rings. The highest BCUT2D eigenvalue weighted by Gasteiger charge is 2.45. The van der Waals surface area contributed by atoms with Crippen molar-refractivity contribution in [2.45, 2.75) is 49.6 Å². The van der Waals surface area contributed by atoms with Crippen LogP contribution in [-0.2, 0) is 30.7 Å². The summed E-state index contributed by atoms with van der Waals surface area (Å²) in [6, 6.07) is 23.6. The molecule has 45 heavy (non-hydrogen) atoms. The fraction of sp³-hybridized carbons (Fsp3) is 0.273. The van der Waals surface area contributed by atoms with Gasteiger partial charge in [-0.3, -0.25) is 9.69 Å². The Morgan fingerprint density at radius 3 is 2.24 bits per heavy atom. The van der Waals surface area contributed by atoms with Gasteiger partial charge in [-0.05, 0) is 69.2 Å². The lowest BCUT2D eigenvalue weighted by Gasteiger charge is -2.30. The molecule has 0 aliphatic rings. The van der Waals surface area contributed by atoms with Crippen LogP contribution < -0.4 is 15.4 Å². The molecule has 1 amide bonds. The Morgan fingerprint density at radius 1 is 0.933 bits per heavy atom. The van der Waals surface area contributed by atoms with Crippen LogP contribution in [0, 0.1) is 0 Å². The number of aliphatic carboxylic acids is 1. The first kappa shape index (κ1) is 33.1. The number of carbonyl (C=O) groups is 2. The first-order valence-corrected chi connectivity index (χ1v) is 15.7. The van der Waals surface area contributed by atoms with Crippen LogP contribution in [-0.4, -0.2) is 54.3 Å². The number of hydrogen-bond donors (Lipinski definition) is 2. The largest absolute Gasteiger partial charge is 0.493 e. The quantitative estimate of drug-likeness (QED) is 0.225. The van der Waals surface area contributed by atoms with E-state index in [1.165, 1.54) is 36.5 Å². The average molecular weight is 633 g/mol. The van der Waals surface area contributed by atoms with E-state index in [2.05, 4.69) is 9.97 Å². The molecule has 11 nitrogen and oxygen atoms in total. The summed E-state index contributed by atoms with van der Waals surface area (Å²) in [6.45, 7) is 6.54. The minimum Gasteiger partial charge on any atom is -0.493 e. The molecule has 236 valence electrons. The highest BCUT2D eigenvalue weighted by molar-refractivity contribution is 7.92. The van der Waals surface area contributed by atoms with Crippen LogP contribution in [0.3, 0.4) is 0 Å². The molecule has 1 unspecified atom stereocenters. The van der Waals surface area contributed by atoms with Gasteiger partial charge in [0.2, 0.25) is 9.84 Å². The summed E-state index contributed by atoms with van der Waals surface area (Å²) in [6.07, 6.45) is 0.160. The Bertz CT molecular complexity index is 1760. The van der Waals surface area contributed by atoms with Crippen LogP contribution >= 0.6 is 0 Å². The van der Waals surface area contributed by atoms with Crippen LogP contribution in [0.15, 0.2) is 96.2 Å². The lowest BCUT2D eigenvalue weighted by Crippen LogP contribution is -2.48. The second kappa shape index (κ2) is 13.4. The lowest BCUT2D eigenvalue weighted by atomic mass is 9.98. The van der Waals surface area contributed by atoms with Crippen LogP contribution in [0.25, 0.3) is 11.1 Å². The summed E-state index contributed by atoms with van der Waals surface area (Å²) in [5.74, 6) is -0.743. The fourth-order valence-electron chi connectivity index (χ4n) is 4.61. The Morgan fingerprint density at radius 2 is 1.62 bits per heavy atom. The van der Waals surface area contributed by atoms with Gasteiger partial charge in [0.1, 0.15) is 23.7 Å². The first-order chi connectivity index (χ1) is 21.2. The van der Waals surface area contributed by atoms with Gasteiger partial charge in [-0.15, -0.1) is 0 Å².